The molecular formula is C13H9BrN2. The summed E-state index contributed by atoms with van der Waals surface area (Å²) in [5.41, 5.74) is 2.08. The number of fused-ring (bicyclic) bond motifs is 1. The van der Waals surface area contributed by atoms with Crippen molar-refractivity contribution in [1.82, 2.24) is 9.78 Å². The van der Waals surface area contributed by atoms with Crippen LogP contribution >= 0.6 is 15.9 Å². The van der Waals surface area contributed by atoms with E-state index in [1.807, 2.05) is 53.3 Å². The van der Waals surface area contributed by atoms with Crippen molar-refractivity contribution in [2.75, 3.05) is 0 Å². The zero-order valence-electron chi connectivity index (χ0n) is 8.47. The Morgan fingerprint density at radius 3 is 2.69 bits per heavy atom. The number of hydrogen-bond donors (Lipinski definition) is 0. The highest BCUT2D eigenvalue weighted by molar-refractivity contribution is 9.10. The van der Waals surface area contributed by atoms with E-state index in [1.165, 1.54) is 0 Å². The van der Waals surface area contributed by atoms with Gasteiger partial charge in [0, 0.05) is 16.1 Å². The van der Waals surface area contributed by atoms with Gasteiger partial charge in [-0.15, -0.1) is 0 Å². The van der Waals surface area contributed by atoms with Gasteiger partial charge in [0.05, 0.1) is 11.2 Å². The maximum absolute atomic E-state index is 4.52. The first-order valence-corrected chi connectivity index (χ1v) is 5.82. The van der Waals surface area contributed by atoms with Crippen LogP contribution in [-0.4, -0.2) is 9.78 Å². The van der Waals surface area contributed by atoms with Crippen molar-refractivity contribution < 1.29 is 0 Å². The Morgan fingerprint density at radius 2 is 1.88 bits per heavy atom. The van der Waals surface area contributed by atoms with Crippen LogP contribution in [0.4, 0.5) is 0 Å². The molecule has 0 fully saturated rings. The highest BCUT2D eigenvalue weighted by Crippen LogP contribution is 2.18. The third-order valence-electron chi connectivity index (χ3n) is 2.49. The van der Waals surface area contributed by atoms with Crippen LogP contribution < -0.4 is 0 Å². The first kappa shape index (κ1) is 9.60. The van der Waals surface area contributed by atoms with Crippen LogP contribution in [0.2, 0.25) is 0 Å². The Kier molecular flexibility index (Phi) is 2.26. The summed E-state index contributed by atoms with van der Waals surface area (Å²) in [6.45, 7) is 0. The lowest BCUT2D eigenvalue weighted by atomic mass is 10.3. The van der Waals surface area contributed by atoms with Gasteiger partial charge < -0.3 is 0 Å². The second-order valence-corrected chi connectivity index (χ2v) is 4.53. The smallest absolute Gasteiger partial charge is 0.0927 e. The molecule has 1 aromatic heterocycles. The van der Waals surface area contributed by atoms with E-state index in [9.17, 15) is 0 Å². The lowest BCUT2D eigenvalue weighted by Crippen LogP contribution is -1.93. The van der Waals surface area contributed by atoms with Gasteiger partial charge in [-0.3, -0.25) is 0 Å². The van der Waals surface area contributed by atoms with Crippen molar-refractivity contribution in [1.29, 1.82) is 0 Å². The van der Waals surface area contributed by atoms with Gasteiger partial charge in [-0.25, -0.2) is 4.68 Å². The molecular weight excluding hydrogens is 264 g/mol. The van der Waals surface area contributed by atoms with Crippen molar-refractivity contribution >= 4 is 26.8 Å². The predicted octanol–water partition coefficient (Wildman–Crippen LogP) is 3.79. The van der Waals surface area contributed by atoms with Gasteiger partial charge >= 0.3 is 0 Å². The van der Waals surface area contributed by atoms with E-state index in [2.05, 4.69) is 27.1 Å². The molecule has 3 rings (SSSR count). The van der Waals surface area contributed by atoms with Gasteiger partial charge in [-0.2, -0.15) is 5.10 Å². The standard InChI is InChI=1S/C13H9BrN2/c14-11-5-3-6-12(8-11)16-9-10-4-1-2-7-13(10)15-16/h1-9H. The summed E-state index contributed by atoms with van der Waals surface area (Å²) < 4.78 is 2.96. The van der Waals surface area contributed by atoms with Crippen LogP contribution in [0.25, 0.3) is 16.6 Å². The molecule has 0 spiro atoms. The molecule has 0 unspecified atom stereocenters. The van der Waals surface area contributed by atoms with Crippen LogP contribution in [0, 0.1) is 0 Å². The second-order valence-electron chi connectivity index (χ2n) is 3.61. The molecule has 0 aliphatic carbocycles. The summed E-state index contributed by atoms with van der Waals surface area (Å²) in [6.07, 6.45) is 2.04. The van der Waals surface area contributed by atoms with Crippen LogP contribution in [0.3, 0.4) is 0 Å². The molecule has 0 radical (unpaired) electrons. The van der Waals surface area contributed by atoms with E-state index < -0.39 is 0 Å². The van der Waals surface area contributed by atoms with Crippen LogP contribution in [0.15, 0.2) is 59.2 Å². The molecule has 3 heteroatoms. The Hall–Kier alpha value is -1.61. The SMILES string of the molecule is Brc1cccc(-n2cc3ccccc3n2)c1. The summed E-state index contributed by atoms with van der Waals surface area (Å²) in [5, 5.41) is 5.67. The van der Waals surface area contributed by atoms with Gasteiger partial charge in [0.25, 0.3) is 0 Å². The van der Waals surface area contributed by atoms with E-state index in [4.69, 9.17) is 0 Å². The second kappa shape index (κ2) is 3.76. The predicted molar refractivity (Wildman–Crippen MR) is 68.8 cm³/mol. The molecule has 78 valence electrons. The molecule has 0 saturated carbocycles. The number of nitrogens with zero attached hydrogens (tertiary/aromatic N) is 2. The zero-order chi connectivity index (χ0) is 11.0. The van der Waals surface area contributed by atoms with E-state index in [-0.39, 0.29) is 0 Å². The highest BCUT2D eigenvalue weighted by Gasteiger charge is 2.01. The number of halogens is 1. The molecule has 0 bridgehead atoms. The van der Waals surface area contributed by atoms with Crippen molar-refractivity contribution in [3.8, 4) is 5.69 Å². The normalized spacial score (nSPS) is 10.8. The Balaban J connectivity index is 2.19. The lowest BCUT2D eigenvalue weighted by Gasteiger charge is -2.00. The Labute approximate surface area is 102 Å². The lowest BCUT2D eigenvalue weighted by molar-refractivity contribution is 0.895. The molecule has 2 aromatic carbocycles. The van der Waals surface area contributed by atoms with Gasteiger partial charge in [-0.1, -0.05) is 40.2 Å². The quantitative estimate of drug-likeness (QED) is 0.659. The van der Waals surface area contributed by atoms with E-state index in [0.29, 0.717) is 0 Å². The Morgan fingerprint density at radius 1 is 1.00 bits per heavy atom. The third kappa shape index (κ3) is 1.63. The molecule has 2 nitrogen and oxygen atoms in total. The minimum Gasteiger partial charge on any atom is -0.240 e. The molecule has 0 aliphatic rings. The molecule has 1 heterocycles. The van der Waals surface area contributed by atoms with Crippen molar-refractivity contribution in [2.24, 2.45) is 0 Å². The zero-order valence-corrected chi connectivity index (χ0v) is 10.1. The summed E-state index contributed by atoms with van der Waals surface area (Å²) >= 11 is 3.46. The van der Waals surface area contributed by atoms with Crippen molar-refractivity contribution in [3.05, 3.63) is 59.2 Å². The molecule has 16 heavy (non-hydrogen) atoms. The highest BCUT2D eigenvalue weighted by atomic mass is 79.9. The van der Waals surface area contributed by atoms with Gasteiger partial charge in [-0.05, 0) is 24.3 Å². The minimum absolute atomic E-state index is 1.02. The summed E-state index contributed by atoms with van der Waals surface area (Å²) in [4.78, 5) is 0. The van der Waals surface area contributed by atoms with Crippen LogP contribution in [-0.2, 0) is 0 Å². The van der Waals surface area contributed by atoms with Crippen molar-refractivity contribution in [2.45, 2.75) is 0 Å². The van der Waals surface area contributed by atoms with E-state index in [0.717, 1.165) is 21.1 Å². The monoisotopic (exact) mass is 272 g/mol. The summed E-state index contributed by atoms with van der Waals surface area (Å²) in [6, 6.07) is 16.2. The molecule has 0 saturated heterocycles. The number of aromatic nitrogens is 2. The van der Waals surface area contributed by atoms with Gasteiger partial charge in [0.15, 0.2) is 0 Å². The van der Waals surface area contributed by atoms with Crippen LogP contribution in [0.1, 0.15) is 0 Å². The van der Waals surface area contributed by atoms with E-state index >= 15 is 0 Å². The van der Waals surface area contributed by atoms with Crippen LogP contribution in [0.5, 0.6) is 0 Å². The maximum Gasteiger partial charge on any atom is 0.0927 e. The Bertz CT molecular complexity index is 610. The third-order valence-corrected chi connectivity index (χ3v) is 2.98. The average molecular weight is 273 g/mol. The number of benzene rings is 2. The minimum atomic E-state index is 1.02. The largest absolute Gasteiger partial charge is 0.240 e. The maximum atomic E-state index is 4.52. The molecule has 0 amide bonds. The topological polar surface area (TPSA) is 17.8 Å². The number of rotatable bonds is 1. The molecule has 3 aromatic rings. The summed E-state index contributed by atoms with van der Waals surface area (Å²) in [5.74, 6) is 0. The number of hydrogen-bond acceptors (Lipinski definition) is 1. The van der Waals surface area contributed by atoms with E-state index in [1.54, 1.807) is 0 Å². The fourth-order valence-electron chi connectivity index (χ4n) is 1.72. The molecule has 0 atom stereocenters. The fourth-order valence-corrected chi connectivity index (χ4v) is 2.10. The molecule has 0 aliphatic heterocycles. The average Bonchev–Trinajstić information content (AvgIpc) is 2.72. The molecule has 0 N–H and O–H groups in total. The van der Waals surface area contributed by atoms with Crippen molar-refractivity contribution in [3.63, 3.8) is 0 Å². The first-order valence-electron chi connectivity index (χ1n) is 5.03. The fraction of sp³-hybridized carbons (Fsp3) is 0. The first-order chi connectivity index (χ1) is 7.83. The summed E-state index contributed by atoms with van der Waals surface area (Å²) in [7, 11) is 0. The van der Waals surface area contributed by atoms with Gasteiger partial charge in [0.2, 0.25) is 0 Å². The van der Waals surface area contributed by atoms with Gasteiger partial charge in [0.1, 0.15) is 0 Å².